The SMILES string of the molecule is Cc1cccc(Nc2nc(C(=O)O)ccc2[N+](=O)[O-])c1Br. The molecule has 0 radical (unpaired) electrons. The number of nitro groups is 1. The molecule has 1 heterocycles. The summed E-state index contributed by atoms with van der Waals surface area (Å²) in [7, 11) is 0. The van der Waals surface area contributed by atoms with Crippen LogP contribution < -0.4 is 5.32 Å². The van der Waals surface area contributed by atoms with Crippen molar-refractivity contribution in [3.05, 3.63) is 56.2 Å². The smallest absolute Gasteiger partial charge is 0.354 e. The van der Waals surface area contributed by atoms with Crippen LogP contribution in [0.1, 0.15) is 16.1 Å². The Balaban J connectivity index is 2.51. The second-order valence-corrected chi connectivity index (χ2v) is 4.98. The monoisotopic (exact) mass is 351 g/mol. The Morgan fingerprint density at radius 2 is 2.10 bits per heavy atom. The van der Waals surface area contributed by atoms with E-state index in [-0.39, 0.29) is 17.2 Å². The van der Waals surface area contributed by atoms with Crippen LogP contribution in [-0.4, -0.2) is 21.0 Å². The van der Waals surface area contributed by atoms with Crippen molar-refractivity contribution in [2.75, 3.05) is 5.32 Å². The molecular formula is C13H10BrN3O4. The summed E-state index contributed by atoms with van der Waals surface area (Å²) in [6.45, 7) is 1.87. The van der Waals surface area contributed by atoms with Crippen molar-refractivity contribution in [2.45, 2.75) is 6.92 Å². The van der Waals surface area contributed by atoms with Crippen LogP contribution in [0.5, 0.6) is 0 Å². The van der Waals surface area contributed by atoms with Crippen LogP contribution in [-0.2, 0) is 0 Å². The Bertz CT molecular complexity index is 733. The first-order valence-electron chi connectivity index (χ1n) is 5.81. The molecule has 0 bridgehead atoms. The third-order valence-electron chi connectivity index (χ3n) is 2.73. The van der Waals surface area contributed by atoms with E-state index in [9.17, 15) is 14.9 Å². The fourth-order valence-corrected chi connectivity index (χ4v) is 2.05. The van der Waals surface area contributed by atoms with Gasteiger partial charge in [0.05, 0.1) is 10.6 Å². The highest BCUT2D eigenvalue weighted by Gasteiger charge is 2.19. The minimum atomic E-state index is -1.25. The Morgan fingerprint density at radius 3 is 2.71 bits per heavy atom. The molecular weight excluding hydrogens is 342 g/mol. The summed E-state index contributed by atoms with van der Waals surface area (Å²) < 4.78 is 0.724. The molecule has 0 aliphatic heterocycles. The zero-order valence-electron chi connectivity index (χ0n) is 10.8. The molecule has 1 aromatic carbocycles. The van der Waals surface area contributed by atoms with Gasteiger partial charge in [0.25, 0.3) is 0 Å². The van der Waals surface area contributed by atoms with Gasteiger partial charge in [0, 0.05) is 10.5 Å². The number of nitrogens with zero attached hydrogens (tertiary/aromatic N) is 2. The van der Waals surface area contributed by atoms with Gasteiger partial charge in [0.2, 0.25) is 5.82 Å². The summed E-state index contributed by atoms with van der Waals surface area (Å²) in [6, 6.07) is 7.55. The van der Waals surface area contributed by atoms with E-state index in [1.54, 1.807) is 12.1 Å². The number of aryl methyl sites for hydroxylation is 1. The molecule has 108 valence electrons. The van der Waals surface area contributed by atoms with Gasteiger partial charge in [-0.15, -0.1) is 0 Å². The molecule has 0 saturated heterocycles. The van der Waals surface area contributed by atoms with Gasteiger partial charge in [-0.25, -0.2) is 9.78 Å². The highest BCUT2D eigenvalue weighted by atomic mass is 79.9. The number of aromatic carboxylic acids is 1. The second-order valence-electron chi connectivity index (χ2n) is 4.19. The first-order valence-corrected chi connectivity index (χ1v) is 6.60. The van der Waals surface area contributed by atoms with Crippen LogP contribution in [0.15, 0.2) is 34.8 Å². The van der Waals surface area contributed by atoms with E-state index >= 15 is 0 Å². The molecule has 0 saturated carbocycles. The second kappa shape index (κ2) is 5.88. The fraction of sp³-hybridized carbons (Fsp3) is 0.0769. The lowest BCUT2D eigenvalue weighted by atomic mass is 10.2. The van der Waals surface area contributed by atoms with Gasteiger partial charge < -0.3 is 10.4 Å². The molecule has 8 heteroatoms. The topological polar surface area (TPSA) is 105 Å². The van der Waals surface area contributed by atoms with Crippen molar-refractivity contribution in [2.24, 2.45) is 0 Å². The summed E-state index contributed by atoms with van der Waals surface area (Å²) in [5, 5.41) is 22.7. The minimum absolute atomic E-state index is 0.119. The van der Waals surface area contributed by atoms with E-state index in [1.165, 1.54) is 0 Å². The van der Waals surface area contributed by atoms with Crippen LogP contribution in [0.25, 0.3) is 0 Å². The van der Waals surface area contributed by atoms with E-state index in [2.05, 4.69) is 26.2 Å². The minimum Gasteiger partial charge on any atom is -0.477 e. The molecule has 0 atom stereocenters. The molecule has 1 aromatic heterocycles. The average Bonchev–Trinajstić information content (AvgIpc) is 2.43. The first kappa shape index (κ1) is 14.9. The Kier molecular flexibility index (Phi) is 4.18. The molecule has 2 aromatic rings. The maximum Gasteiger partial charge on any atom is 0.354 e. The fourth-order valence-electron chi connectivity index (χ4n) is 1.68. The van der Waals surface area contributed by atoms with E-state index in [1.807, 2.05) is 13.0 Å². The maximum atomic E-state index is 11.0. The van der Waals surface area contributed by atoms with Crippen molar-refractivity contribution < 1.29 is 14.8 Å². The number of rotatable bonds is 4. The molecule has 0 spiro atoms. The molecule has 2 rings (SSSR count). The largest absolute Gasteiger partial charge is 0.477 e. The number of aromatic nitrogens is 1. The van der Waals surface area contributed by atoms with Gasteiger partial charge >= 0.3 is 11.7 Å². The zero-order valence-corrected chi connectivity index (χ0v) is 12.4. The number of hydrogen-bond acceptors (Lipinski definition) is 5. The highest BCUT2D eigenvalue weighted by molar-refractivity contribution is 9.10. The van der Waals surface area contributed by atoms with Gasteiger partial charge in [-0.3, -0.25) is 10.1 Å². The number of carbonyl (C=O) groups is 1. The lowest BCUT2D eigenvalue weighted by Gasteiger charge is -2.10. The zero-order chi connectivity index (χ0) is 15.6. The third kappa shape index (κ3) is 3.16. The Labute approximate surface area is 127 Å². The third-order valence-corrected chi connectivity index (χ3v) is 3.79. The van der Waals surface area contributed by atoms with Crippen LogP contribution in [0, 0.1) is 17.0 Å². The summed E-state index contributed by atoms with van der Waals surface area (Å²) in [6.07, 6.45) is 0. The standard InChI is InChI=1S/C13H10BrN3O4/c1-7-3-2-4-8(11(7)14)15-12-10(17(20)21)6-5-9(16-12)13(18)19/h2-6H,1H3,(H,15,16)(H,18,19). The lowest BCUT2D eigenvalue weighted by molar-refractivity contribution is -0.384. The molecule has 0 aliphatic carbocycles. The number of pyridine rings is 1. The summed E-state index contributed by atoms with van der Waals surface area (Å²) in [5.41, 5.74) is 0.922. The molecule has 0 unspecified atom stereocenters. The predicted molar refractivity (Wildman–Crippen MR) is 80.0 cm³/mol. The van der Waals surface area contributed by atoms with Crippen molar-refractivity contribution in [3.8, 4) is 0 Å². The molecule has 2 N–H and O–H groups in total. The molecule has 21 heavy (non-hydrogen) atoms. The number of nitrogens with one attached hydrogen (secondary N) is 1. The van der Waals surface area contributed by atoms with E-state index in [0.29, 0.717) is 5.69 Å². The van der Waals surface area contributed by atoms with Crippen molar-refractivity contribution in [1.29, 1.82) is 0 Å². The van der Waals surface area contributed by atoms with Gasteiger partial charge in [-0.05, 0) is 40.5 Å². The maximum absolute atomic E-state index is 11.0. The number of anilines is 2. The highest BCUT2D eigenvalue weighted by Crippen LogP contribution is 2.31. The normalized spacial score (nSPS) is 10.2. The number of carboxylic acid groups (broad SMARTS) is 1. The molecule has 0 aliphatic rings. The van der Waals surface area contributed by atoms with E-state index in [4.69, 9.17) is 5.11 Å². The Morgan fingerprint density at radius 1 is 1.38 bits per heavy atom. The van der Waals surface area contributed by atoms with Crippen LogP contribution >= 0.6 is 15.9 Å². The first-order chi connectivity index (χ1) is 9.90. The van der Waals surface area contributed by atoms with Crippen molar-refractivity contribution in [3.63, 3.8) is 0 Å². The molecule has 7 nitrogen and oxygen atoms in total. The quantitative estimate of drug-likeness (QED) is 0.644. The number of hydrogen-bond donors (Lipinski definition) is 2. The van der Waals surface area contributed by atoms with Crippen molar-refractivity contribution in [1.82, 2.24) is 4.98 Å². The van der Waals surface area contributed by atoms with Gasteiger partial charge in [0.15, 0.2) is 5.69 Å². The Hall–Kier alpha value is -2.48. The van der Waals surface area contributed by atoms with Crippen LogP contribution in [0.4, 0.5) is 17.2 Å². The van der Waals surface area contributed by atoms with Crippen molar-refractivity contribution >= 4 is 39.1 Å². The number of carboxylic acids is 1. The van der Waals surface area contributed by atoms with E-state index < -0.39 is 10.9 Å². The van der Waals surface area contributed by atoms with Gasteiger partial charge in [-0.2, -0.15) is 0 Å². The number of halogens is 1. The van der Waals surface area contributed by atoms with Crippen LogP contribution in [0.2, 0.25) is 0 Å². The summed E-state index contributed by atoms with van der Waals surface area (Å²) in [4.78, 5) is 25.1. The summed E-state index contributed by atoms with van der Waals surface area (Å²) >= 11 is 3.37. The van der Waals surface area contributed by atoms with Crippen LogP contribution in [0.3, 0.4) is 0 Å². The van der Waals surface area contributed by atoms with Gasteiger partial charge in [-0.1, -0.05) is 12.1 Å². The predicted octanol–water partition coefficient (Wildman–Crippen LogP) is 3.50. The molecule has 0 amide bonds. The summed E-state index contributed by atoms with van der Waals surface area (Å²) in [5.74, 6) is -1.37. The van der Waals surface area contributed by atoms with Gasteiger partial charge in [0.1, 0.15) is 0 Å². The average molecular weight is 352 g/mol. The lowest BCUT2D eigenvalue weighted by Crippen LogP contribution is -2.06. The molecule has 0 fully saturated rings. The number of benzene rings is 1. The van der Waals surface area contributed by atoms with E-state index in [0.717, 1.165) is 22.2 Å².